The maximum absolute atomic E-state index is 12.6. The molecule has 1 aromatic rings. The number of nitrogens with zero attached hydrogens (tertiary/aromatic N) is 4. The van der Waals surface area contributed by atoms with Gasteiger partial charge in [-0.05, 0) is 24.3 Å². The van der Waals surface area contributed by atoms with E-state index in [2.05, 4.69) is 0 Å². The molecule has 2 saturated heterocycles. The van der Waals surface area contributed by atoms with Crippen LogP contribution in [0.2, 0.25) is 0 Å². The van der Waals surface area contributed by atoms with Crippen LogP contribution in [0.15, 0.2) is 24.3 Å². The van der Waals surface area contributed by atoms with Crippen molar-refractivity contribution in [3.05, 3.63) is 29.8 Å². The van der Waals surface area contributed by atoms with Gasteiger partial charge in [0.25, 0.3) is 5.91 Å². The molecule has 0 aliphatic carbocycles. The largest absolute Gasteiger partial charge is 0.480 e. The fraction of sp³-hybridized carbons (Fsp3) is 0.412. The predicted octanol–water partition coefficient (Wildman–Crippen LogP) is 0.112. The van der Waals surface area contributed by atoms with Crippen molar-refractivity contribution in [2.24, 2.45) is 0 Å². The Balaban J connectivity index is 1.59. The van der Waals surface area contributed by atoms with Gasteiger partial charge >= 0.3 is 12.1 Å². The quantitative estimate of drug-likeness (QED) is 0.812. The van der Waals surface area contributed by atoms with Gasteiger partial charge in [-0.1, -0.05) is 0 Å². The summed E-state index contributed by atoms with van der Waals surface area (Å²) in [6, 6.07) is 8.47. The summed E-state index contributed by atoms with van der Waals surface area (Å²) in [4.78, 5) is 40.1. The Kier molecular flexibility index (Phi) is 5.04. The van der Waals surface area contributed by atoms with Crippen LogP contribution >= 0.6 is 0 Å². The zero-order valence-electron chi connectivity index (χ0n) is 14.0. The highest BCUT2D eigenvalue weighted by atomic mass is 16.6. The van der Waals surface area contributed by atoms with Crippen molar-refractivity contribution >= 4 is 23.7 Å². The number of anilines is 1. The van der Waals surface area contributed by atoms with Gasteiger partial charge in [0, 0.05) is 31.9 Å². The topological polar surface area (TPSA) is 114 Å². The monoisotopic (exact) mass is 358 g/mol. The average Bonchev–Trinajstić information content (AvgIpc) is 3.03. The fourth-order valence-electron chi connectivity index (χ4n) is 3.04. The third kappa shape index (κ3) is 3.75. The van der Waals surface area contributed by atoms with Gasteiger partial charge in [-0.2, -0.15) is 5.26 Å². The zero-order chi connectivity index (χ0) is 18.7. The number of benzene rings is 1. The van der Waals surface area contributed by atoms with Gasteiger partial charge in [-0.3, -0.25) is 19.4 Å². The SMILES string of the molecule is N#Cc1ccc(N2CC(C(=O)N3CCN(CC(=O)O)CC3)OC2=O)cc1. The van der Waals surface area contributed by atoms with Crippen LogP contribution in [-0.2, 0) is 14.3 Å². The van der Waals surface area contributed by atoms with Crippen molar-refractivity contribution in [3.63, 3.8) is 0 Å². The minimum absolute atomic E-state index is 0.0487. The van der Waals surface area contributed by atoms with E-state index in [-0.39, 0.29) is 19.0 Å². The van der Waals surface area contributed by atoms with E-state index in [0.717, 1.165) is 0 Å². The lowest BCUT2D eigenvalue weighted by molar-refractivity contribution is -0.142. The fourth-order valence-corrected chi connectivity index (χ4v) is 3.04. The molecular weight excluding hydrogens is 340 g/mol. The number of rotatable bonds is 4. The first-order valence-electron chi connectivity index (χ1n) is 8.19. The van der Waals surface area contributed by atoms with Gasteiger partial charge < -0.3 is 14.7 Å². The number of amides is 2. The molecule has 9 nitrogen and oxygen atoms in total. The van der Waals surface area contributed by atoms with E-state index in [1.54, 1.807) is 34.1 Å². The highest BCUT2D eigenvalue weighted by Gasteiger charge is 2.39. The molecule has 9 heteroatoms. The summed E-state index contributed by atoms with van der Waals surface area (Å²) in [5, 5.41) is 17.6. The molecule has 2 aliphatic rings. The molecule has 1 atom stereocenters. The molecule has 1 unspecified atom stereocenters. The lowest BCUT2D eigenvalue weighted by Gasteiger charge is -2.34. The number of hydrogen-bond donors (Lipinski definition) is 1. The standard InChI is InChI=1S/C17H18N4O5/c18-9-12-1-3-13(4-2-12)21-10-14(26-17(21)25)16(24)20-7-5-19(6-8-20)11-15(22)23/h1-4,14H,5-8,10-11H2,(H,22,23). The molecule has 26 heavy (non-hydrogen) atoms. The van der Waals surface area contributed by atoms with Crippen LogP contribution in [0.5, 0.6) is 0 Å². The summed E-state index contributed by atoms with van der Waals surface area (Å²) < 4.78 is 5.21. The number of carbonyl (C=O) groups excluding carboxylic acids is 2. The molecule has 3 rings (SSSR count). The van der Waals surface area contributed by atoms with Gasteiger partial charge in [0.15, 0.2) is 6.10 Å². The summed E-state index contributed by atoms with van der Waals surface area (Å²) in [5.74, 6) is -1.17. The number of nitriles is 1. The Labute approximate surface area is 149 Å². The number of hydrogen-bond acceptors (Lipinski definition) is 6. The number of carbonyl (C=O) groups is 3. The van der Waals surface area contributed by atoms with Gasteiger partial charge in [-0.25, -0.2) is 4.79 Å². The molecule has 0 radical (unpaired) electrons. The molecule has 0 spiro atoms. The molecule has 2 fully saturated rings. The van der Waals surface area contributed by atoms with Crippen LogP contribution in [0.4, 0.5) is 10.5 Å². The second kappa shape index (κ2) is 7.41. The Morgan fingerprint density at radius 3 is 2.42 bits per heavy atom. The van der Waals surface area contributed by atoms with Crippen molar-refractivity contribution in [2.45, 2.75) is 6.10 Å². The second-order valence-corrected chi connectivity index (χ2v) is 6.14. The summed E-state index contributed by atoms with van der Waals surface area (Å²) in [6.07, 6.45) is -1.48. The maximum atomic E-state index is 12.6. The lowest BCUT2D eigenvalue weighted by atomic mass is 10.2. The van der Waals surface area contributed by atoms with E-state index in [1.165, 1.54) is 4.90 Å². The molecule has 1 N–H and O–H groups in total. The van der Waals surface area contributed by atoms with Crippen LogP contribution in [0.3, 0.4) is 0 Å². The van der Waals surface area contributed by atoms with E-state index >= 15 is 0 Å². The number of cyclic esters (lactones) is 1. The van der Waals surface area contributed by atoms with E-state index in [1.807, 2.05) is 6.07 Å². The number of ether oxygens (including phenoxy) is 1. The predicted molar refractivity (Wildman–Crippen MR) is 89.4 cm³/mol. The average molecular weight is 358 g/mol. The maximum Gasteiger partial charge on any atom is 0.415 e. The normalized spacial score (nSPS) is 20.6. The Bertz CT molecular complexity index is 749. The third-order valence-corrected chi connectivity index (χ3v) is 4.44. The number of aliphatic carboxylic acids is 1. The smallest absolute Gasteiger partial charge is 0.415 e. The van der Waals surface area contributed by atoms with Crippen molar-refractivity contribution in [1.82, 2.24) is 9.80 Å². The minimum Gasteiger partial charge on any atom is -0.480 e. The first-order chi connectivity index (χ1) is 12.5. The second-order valence-electron chi connectivity index (χ2n) is 6.14. The summed E-state index contributed by atoms with van der Waals surface area (Å²) >= 11 is 0. The van der Waals surface area contributed by atoms with E-state index in [0.29, 0.717) is 37.4 Å². The molecule has 2 aliphatic heterocycles. The number of carboxylic acids is 1. The van der Waals surface area contributed by atoms with Gasteiger partial charge in [0.1, 0.15) is 0 Å². The van der Waals surface area contributed by atoms with Gasteiger partial charge in [0.2, 0.25) is 0 Å². The zero-order valence-corrected chi connectivity index (χ0v) is 14.0. The highest BCUT2D eigenvalue weighted by molar-refractivity contribution is 5.95. The first kappa shape index (κ1) is 17.7. The molecule has 2 amide bonds. The lowest BCUT2D eigenvalue weighted by Crippen LogP contribution is -2.52. The molecule has 136 valence electrons. The summed E-state index contributed by atoms with van der Waals surface area (Å²) in [6.45, 7) is 1.80. The van der Waals surface area contributed by atoms with Crippen LogP contribution in [0.25, 0.3) is 0 Å². The van der Waals surface area contributed by atoms with Crippen LogP contribution < -0.4 is 4.90 Å². The minimum atomic E-state index is -0.896. The van der Waals surface area contributed by atoms with Gasteiger partial charge in [-0.15, -0.1) is 0 Å². The third-order valence-electron chi connectivity index (χ3n) is 4.44. The Hall–Kier alpha value is -3.12. The first-order valence-corrected chi connectivity index (χ1v) is 8.19. The van der Waals surface area contributed by atoms with Crippen molar-refractivity contribution < 1.29 is 24.2 Å². The molecule has 2 heterocycles. The molecular formula is C17H18N4O5. The van der Waals surface area contributed by atoms with E-state index < -0.39 is 18.2 Å². The van der Waals surface area contributed by atoms with E-state index in [4.69, 9.17) is 15.1 Å². The van der Waals surface area contributed by atoms with Crippen LogP contribution in [0.1, 0.15) is 5.56 Å². The van der Waals surface area contributed by atoms with Crippen LogP contribution in [0, 0.1) is 11.3 Å². The number of piperazine rings is 1. The summed E-state index contributed by atoms with van der Waals surface area (Å²) in [7, 11) is 0. The van der Waals surface area contributed by atoms with Crippen molar-refractivity contribution in [1.29, 1.82) is 5.26 Å². The van der Waals surface area contributed by atoms with E-state index in [9.17, 15) is 14.4 Å². The van der Waals surface area contributed by atoms with Crippen LogP contribution in [-0.4, -0.2) is 78.2 Å². The number of carboxylic acid groups (broad SMARTS) is 1. The van der Waals surface area contributed by atoms with Crippen molar-refractivity contribution in [3.8, 4) is 6.07 Å². The highest BCUT2D eigenvalue weighted by Crippen LogP contribution is 2.23. The molecule has 0 bridgehead atoms. The molecule has 0 aromatic heterocycles. The van der Waals surface area contributed by atoms with Crippen molar-refractivity contribution in [2.75, 3.05) is 44.2 Å². The molecule has 0 saturated carbocycles. The Morgan fingerprint density at radius 1 is 1.19 bits per heavy atom. The molecule has 1 aromatic carbocycles. The van der Waals surface area contributed by atoms with Gasteiger partial charge in [0.05, 0.1) is 24.7 Å². The Morgan fingerprint density at radius 2 is 1.85 bits per heavy atom. The summed E-state index contributed by atoms with van der Waals surface area (Å²) in [5.41, 5.74) is 1.05.